The first-order valence-corrected chi connectivity index (χ1v) is 12.5. The molecule has 0 atom stereocenters. The Bertz CT molecular complexity index is 411. The third kappa shape index (κ3) is 15.2. The summed E-state index contributed by atoms with van der Waals surface area (Å²) in [5, 5.41) is 0. The molecule has 1 rings (SSSR count). The molecule has 2 nitrogen and oxygen atoms in total. The molecule has 1 aliphatic rings. The zero-order valence-corrected chi connectivity index (χ0v) is 19.4. The Labute approximate surface area is 176 Å². The molecule has 0 saturated heterocycles. The molecule has 0 radical (unpaired) electrons. The third-order valence-electron chi connectivity index (χ3n) is 5.67. The average molecular weight is 392 g/mol. The summed E-state index contributed by atoms with van der Waals surface area (Å²) in [6.07, 6.45) is 29.3. The van der Waals surface area contributed by atoms with E-state index < -0.39 is 0 Å². The maximum absolute atomic E-state index is 5.65. The molecule has 0 fully saturated rings. The second-order valence-corrected chi connectivity index (χ2v) is 9.36. The van der Waals surface area contributed by atoms with Gasteiger partial charge in [-0.25, -0.2) is 4.99 Å². The normalized spacial score (nSPS) is 15.9. The first-order chi connectivity index (χ1) is 13.6. The van der Waals surface area contributed by atoms with Crippen LogP contribution in [0, 0.1) is 0 Å². The number of unbranched alkanes of at least 4 members (excludes halogenated alkanes) is 15. The first kappa shape index (κ1) is 25.2. The minimum absolute atomic E-state index is 0.0129. The second-order valence-electron chi connectivity index (χ2n) is 9.36. The monoisotopic (exact) mass is 391 g/mol. The van der Waals surface area contributed by atoms with E-state index >= 15 is 0 Å². The molecule has 0 bridgehead atoms. The van der Waals surface area contributed by atoms with Crippen molar-refractivity contribution in [1.82, 2.24) is 0 Å². The van der Waals surface area contributed by atoms with Crippen LogP contribution in [0.5, 0.6) is 0 Å². The molecule has 0 saturated carbocycles. The molecular weight excluding hydrogens is 342 g/mol. The van der Waals surface area contributed by atoms with Crippen LogP contribution in [0.1, 0.15) is 136 Å². The largest absolute Gasteiger partial charge is 0.478 e. The molecule has 0 aromatic heterocycles. The van der Waals surface area contributed by atoms with E-state index in [1.807, 2.05) is 0 Å². The van der Waals surface area contributed by atoms with Gasteiger partial charge in [0.1, 0.15) is 6.61 Å². The van der Waals surface area contributed by atoms with Gasteiger partial charge in [-0.2, -0.15) is 0 Å². The summed E-state index contributed by atoms with van der Waals surface area (Å²) >= 11 is 0. The van der Waals surface area contributed by atoms with Crippen molar-refractivity contribution in [3.8, 4) is 0 Å². The predicted molar refractivity (Wildman–Crippen MR) is 125 cm³/mol. The molecule has 0 aliphatic carbocycles. The SMILES string of the molecule is CCCCCCCC/C=C\CCCCCCCCCCCC1=NC(C)(C)CO1. The summed E-state index contributed by atoms with van der Waals surface area (Å²) in [7, 11) is 0. The Kier molecular flexibility index (Phi) is 15.4. The van der Waals surface area contributed by atoms with E-state index in [4.69, 9.17) is 4.74 Å². The quantitative estimate of drug-likeness (QED) is 0.159. The fourth-order valence-corrected chi connectivity index (χ4v) is 3.84. The van der Waals surface area contributed by atoms with Gasteiger partial charge in [-0.1, -0.05) is 96.1 Å². The van der Waals surface area contributed by atoms with Crippen molar-refractivity contribution in [3.63, 3.8) is 0 Å². The fourth-order valence-electron chi connectivity index (χ4n) is 3.84. The highest BCUT2D eigenvalue weighted by Crippen LogP contribution is 2.20. The van der Waals surface area contributed by atoms with Crippen LogP contribution in [0.3, 0.4) is 0 Å². The van der Waals surface area contributed by atoms with Gasteiger partial charge in [-0.15, -0.1) is 0 Å². The van der Waals surface area contributed by atoms with Crippen LogP contribution in [0.4, 0.5) is 0 Å². The summed E-state index contributed by atoms with van der Waals surface area (Å²) in [4.78, 5) is 4.63. The van der Waals surface area contributed by atoms with Crippen LogP contribution < -0.4 is 0 Å². The number of hydrogen-bond acceptors (Lipinski definition) is 2. The van der Waals surface area contributed by atoms with Crippen molar-refractivity contribution in [1.29, 1.82) is 0 Å². The summed E-state index contributed by atoms with van der Waals surface area (Å²) in [6.45, 7) is 7.34. The lowest BCUT2D eigenvalue weighted by Gasteiger charge is -2.07. The molecule has 1 heterocycles. The summed E-state index contributed by atoms with van der Waals surface area (Å²) < 4.78 is 5.65. The van der Waals surface area contributed by atoms with Crippen molar-refractivity contribution < 1.29 is 4.74 Å². The number of aliphatic imine (C=N–C) groups is 1. The summed E-state index contributed by atoms with van der Waals surface area (Å²) in [6, 6.07) is 0. The van der Waals surface area contributed by atoms with Crippen molar-refractivity contribution in [2.45, 2.75) is 142 Å². The van der Waals surface area contributed by atoms with E-state index in [0.717, 1.165) is 18.9 Å². The number of ether oxygens (including phenoxy) is 1. The number of allylic oxidation sites excluding steroid dienone is 2. The molecule has 164 valence electrons. The first-order valence-electron chi connectivity index (χ1n) is 12.5. The minimum Gasteiger partial charge on any atom is -0.478 e. The molecule has 0 aromatic carbocycles. The lowest BCUT2D eigenvalue weighted by molar-refractivity contribution is 0.273. The molecule has 0 aromatic rings. The molecule has 2 heteroatoms. The van der Waals surface area contributed by atoms with E-state index in [0.29, 0.717) is 0 Å². The Hall–Kier alpha value is -0.790. The van der Waals surface area contributed by atoms with Crippen LogP contribution in [0.15, 0.2) is 17.1 Å². The molecule has 0 unspecified atom stereocenters. The van der Waals surface area contributed by atoms with Gasteiger partial charge in [0.05, 0.1) is 5.54 Å². The van der Waals surface area contributed by atoms with Gasteiger partial charge in [0.15, 0.2) is 5.90 Å². The lowest BCUT2D eigenvalue weighted by Crippen LogP contribution is -2.17. The van der Waals surface area contributed by atoms with Crippen molar-refractivity contribution >= 4 is 5.90 Å². The topological polar surface area (TPSA) is 21.6 Å². The maximum Gasteiger partial charge on any atom is 0.183 e. The summed E-state index contributed by atoms with van der Waals surface area (Å²) in [5.74, 6) is 0.992. The Morgan fingerprint density at radius 1 is 0.714 bits per heavy atom. The van der Waals surface area contributed by atoms with E-state index in [2.05, 4.69) is 37.9 Å². The predicted octanol–water partition coefficient (Wildman–Crippen LogP) is 8.79. The van der Waals surface area contributed by atoms with E-state index in [9.17, 15) is 0 Å². The van der Waals surface area contributed by atoms with Crippen LogP contribution in [-0.2, 0) is 4.74 Å². The molecular formula is C26H49NO. The van der Waals surface area contributed by atoms with Crippen LogP contribution in [-0.4, -0.2) is 18.0 Å². The molecule has 0 N–H and O–H groups in total. The highest BCUT2D eigenvalue weighted by molar-refractivity contribution is 5.78. The standard InChI is InChI=1S/C26H49NO/c1-4-5-6-7-8-9-10-11-12-13-14-15-16-17-18-19-20-21-22-23-25-27-26(2,3)24-28-25/h11-12H,4-10,13-24H2,1-3H3/b12-11-. The Morgan fingerprint density at radius 3 is 1.64 bits per heavy atom. The highest BCUT2D eigenvalue weighted by Gasteiger charge is 2.25. The number of hydrogen-bond donors (Lipinski definition) is 0. The van der Waals surface area contributed by atoms with Crippen molar-refractivity contribution in [2.75, 3.05) is 6.61 Å². The van der Waals surface area contributed by atoms with Crippen LogP contribution >= 0.6 is 0 Å². The average Bonchev–Trinajstić information content (AvgIpc) is 3.02. The van der Waals surface area contributed by atoms with Gasteiger partial charge in [0.25, 0.3) is 0 Å². The molecule has 1 aliphatic heterocycles. The minimum atomic E-state index is 0.0129. The third-order valence-corrected chi connectivity index (χ3v) is 5.67. The number of rotatable bonds is 19. The van der Waals surface area contributed by atoms with Gasteiger partial charge in [0.2, 0.25) is 0 Å². The van der Waals surface area contributed by atoms with Gasteiger partial charge in [0, 0.05) is 6.42 Å². The Morgan fingerprint density at radius 2 is 1.18 bits per heavy atom. The highest BCUT2D eigenvalue weighted by atomic mass is 16.5. The smallest absolute Gasteiger partial charge is 0.183 e. The Balaban J connectivity index is 1.73. The molecule has 0 amide bonds. The zero-order valence-electron chi connectivity index (χ0n) is 19.4. The fraction of sp³-hybridized carbons (Fsp3) is 0.885. The van der Waals surface area contributed by atoms with Gasteiger partial charge >= 0.3 is 0 Å². The molecule has 0 spiro atoms. The van der Waals surface area contributed by atoms with Crippen molar-refractivity contribution in [2.24, 2.45) is 4.99 Å². The zero-order chi connectivity index (χ0) is 20.3. The van der Waals surface area contributed by atoms with E-state index in [1.54, 1.807) is 0 Å². The van der Waals surface area contributed by atoms with Gasteiger partial charge in [-0.3, -0.25) is 0 Å². The van der Waals surface area contributed by atoms with Gasteiger partial charge in [-0.05, 0) is 46.0 Å². The second kappa shape index (κ2) is 17.1. The van der Waals surface area contributed by atoms with Crippen molar-refractivity contribution in [3.05, 3.63) is 12.2 Å². The van der Waals surface area contributed by atoms with E-state index in [-0.39, 0.29) is 5.54 Å². The van der Waals surface area contributed by atoms with Crippen LogP contribution in [0.25, 0.3) is 0 Å². The number of nitrogens with zero attached hydrogens (tertiary/aromatic N) is 1. The lowest BCUT2D eigenvalue weighted by atomic mass is 10.1. The summed E-state index contributed by atoms with van der Waals surface area (Å²) in [5.41, 5.74) is 0.0129. The van der Waals surface area contributed by atoms with Crippen LogP contribution in [0.2, 0.25) is 0 Å². The van der Waals surface area contributed by atoms with E-state index in [1.165, 1.54) is 109 Å². The molecule has 28 heavy (non-hydrogen) atoms. The maximum atomic E-state index is 5.65. The van der Waals surface area contributed by atoms with Gasteiger partial charge < -0.3 is 4.74 Å².